The molecule has 0 radical (unpaired) electrons. The molecule has 0 amide bonds. The summed E-state index contributed by atoms with van der Waals surface area (Å²) >= 11 is 0. The van der Waals surface area contributed by atoms with Crippen LogP contribution in [0.5, 0.6) is 11.6 Å². The first kappa shape index (κ1) is 15.4. The molecule has 0 N–H and O–H groups in total. The lowest BCUT2D eigenvalue weighted by molar-refractivity contribution is 0.405. The van der Waals surface area contributed by atoms with Crippen LogP contribution in [-0.4, -0.2) is 9.97 Å². The highest BCUT2D eigenvalue weighted by Crippen LogP contribution is 2.37. The van der Waals surface area contributed by atoms with Crippen LogP contribution in [0.15, 0.2) is 24.4 Å². The van der Waals surface area contributed by atoms with Crippen LogP contribution in [0, 0.1) is 19.7 Å². The molecule has 0 unspecified atom stereocenters. The zero-order valence-electron chi connectivity index (χ0n) is 13.2. The van der Waals surface area contributed by atoms with Gasteiger partial charge in [0.25, 0.3) is 0 Å². The molecular formula is C17H21FN2O. The normalized spacial score (nSPS) is 11.5. The fourth-order valence-electron chi connectivity index (χ4n) is 2.11. The second-order valence-electron chi connectivity index (χ2n) is 5.83. The molecule has 21 heavy (non-hydrogen) atoms. The van der Waals surface area contributed by atoms with E-state index in [4.69, 9.17) is 4.74 Å². The van der Waals surface area contributed by atoms with Gasteiger partial charge in [-0.05, 0) is 37.8 Å². The Labute approximate surface area is 125 Å². The van der Waals surface area contributed by atoms with Crippen molar-refractivity contribution >= 4 is 0 Å². The summed E-state index contributed by atoms with van der Waals surface area (Å²) in [6.07, 6.45) is 2.37. The molecule has 1 aromatic carbocycles. The van der Waals surface area contributed by atoms with Gasteiger partial charge in [0.05, 0.1) is 17.6 Å². The molecule has 4 heteroatoms. The molecule has 0 spiro atoms. The summed E-state index contributed by atoms with van der Waals surface area (Å²) < 4.78 is 20.1. The van der Waals surface area contributed by atoms with E-state index in [9.17, 15) is 4.39 Å². The minimum absolute atomic E-state index is 0.254. The summed E-state index contributed by atoms with van der Waals surface area (Å²) in [5.41, 5.74) is 1.93. The molecule has 0 aliphatic rings. The number of aromatic nitrogens is 2. The van der Waals surface area contributed by atoms with E-state index < -0.39 is 0 Å². The van der Waals surface area contributed by atoms with E-state index >= 15 is 0 Å². The number of benzene rings is 1. The van der Waals surface area contributed by atoms with Crippen LogP contribution in [0.4, 0.5) is 4.39 Å². The number of hydrogen-bond donors (Lipinski definition) is 0. The van der Waals surface area contributed by atoms with Gasteiger partial charge in [-0.1, -0.05) is 26.8 Å². The maximum Gasteiger partial charge on any atom is 0.238 e. The SMILES string of the molecule is CCC(C)(C)c1c(F)cccc1Oc1cnc(C)c(C)n1. The van der Waals surface area contributed by atoms with Gasteiger partial charge in [0.15, 0.2) is 0 Å². The lowest BCUT2D eigenvalue weighted by Crippen LogP contribution is -2.18. The van der Waals surface area contributed by atoms with Crippen molar-refractivity contribution in [2.75, 3.05) is 0 Å². The molecule has 0 aliphatic heterocycles. The second-order valence-corrected chi connectivity index (χ2v) is 5.83. The molecule has 2 rings (SSSR count). The van der Waals surface area contributed by atoms with Crippen molar-refractivity contribution in [2.24, 2.45) is 0 Å². The predicted molar refractivity (Wildman–Crippen MR) is 81.3 cm³/mol. The van der Waals surface area contributed by atoms with E-state index in [-0.39, 0.29) is 11.2 Å². The van der Waals surface area contributed by atoms with Crippen molar-refractivity contribution in [3.63, 3.8) is 0 Å². The van der Waals surface area contributed by atoms with Crippen molar-refractivity contribution in [3.8, 4) is 11.6 Å². The third-order valence-corrected chi connectivity index (χ3v) is 3.92. The van der Waals surface area contributed by atoms with Crippen molar-refractivity contribution in [3.05, 3.63) is 47.2 Å². The summed E-state index contributed by atoms with van der Waals surface area (Å²) in [7, 11) is 0. The number of nitrogens with zero attached hydrogens (tertiary/aromatic N) is 2. The van der Waals surface area contributed by atoms with Crippen molar-refractivity contribution in [1.29, 1.82) is 0 Å². The summed E-state index contributed by atoms with van der Waals surface area (Å²) in [5.74, 6) is 0.632. The largest absolute Gasteiger partial charge is 0.437 e. The maximum atomic E-state index is 14.3. The first-order valence-electron chi connectivity index (χ1n) is 7.12. The monoisotopic (exact) mass is 288 g/mol. The minimum Gasteiger partial charge on any atom is -0.437 e. The van der Waals surface area contributed by atoms with Crippen molar-refractivity contribution < 1.29 is 9.13 Å². The van der Waals surface area contributed by atoms with Gasteiger partial charge >= 0.3 is 0 Å². The molecule has 0 bridgehead atoms. The Kier molecular flexibility index (Phi) is 4.26. The molecule has 0 saturated heterocycles. The highest BCUT2D eigenvalue weighted by Gasteiger charge is 2.26. The van der Waals surface area contributed by atoms with Crippen LogP contribution in [-0.2, 0) is 5.41 Å². The quantitative estimate of drug-likeness (QED) is 0.817. The van der Waals surface area contributed by atoms with E-state index in [1.54, 1.807) is 18.3 Å². The molecule has 0 saturated carbocycles. The zero-order chi connectivity index (χ0) is 15.6. The van der Waals surface area contributed by atoms with Crippen LogP contribution in [0.3, 0.4) is 0 Å². The predicted octanol–water partition coefficient (Wildman–Crippen LogP) is 4.71. The molecule has 1 aromatic heterocycles. The molecular weight excluding hydrogens is 267 g/mol. The molecule has 0 fully saturated rings. The van der Waals surface area contributed by atoms with Gasteiger partial charge in [-0.2, -0.15) is 0 Å². The Balaban J connectivity index is 2.45. The summed E-state index contributed by atoms with van der Waals surface area (Å²) in [4.78, 5) is 8.57. The first-order chi connectivity index (χ1) is 9.85. The van der Waals surface area contributed by atoms with Crippen LogP contribution < -0.4 is 4.74 Å². The number of rotatable bonds is 4. The van der Waals surface area contributed by atoms with E-state index in [0.29, 0.717) is 17.2 Å². The average molecular weight is 288 g/mol. The number of hydrogen-bond acceptors (Lipinski definition) is 3. The molecule has 0 atom stereocenters. The van der Waals surface area contributed by atoms with E-state index in [1.165, 1.54) is 6.07 Å². The number of aryl methyl sites for hydroxylation is 2. The Morgan fingerprint density at radius 3 is 2.52 bits per heavy atom. The highest BCUT2D eigenvalue weighted by molar-refractivity contribution is 5.41. The second kappa shape index (κ2) is 5.80. The molecule has 3 nitrogen and oxygen atoms in total. The Bertz CT molecular complexity index is 653. The van der Waals surface area contributed by atoms with Gasteiger partial charge in [-0.3, -0.25) is 4.98 Å². The fraction of sp³-hybridized carbons (Fsp3) is 0.412. The lowest BCUT2D eigenvalue weighted by atomic mass is 9.81. The van der Waals surface area contributed by atoms with Gasteiger partial charge < -0.3 is 4.74 Å². The van der Waals surface area contributed by atoms with Crippen molar-refractivity contribution in [1.82, 2.24) is 9.97 Å². The number of halogens is 1. The average Bonchev–Trinajstić information content (AvgIpc) is 2.43. The van der Waals surface area contributed by atoms with Gasteiger partial charge in [0.1, 0.15) is 11.6 Å². The smallest absolute Gasteiger partial charge is 0.238 e. The van der Waals surface area contributed by atoms with Crippen LogP contribution in [0.25, 0.3) is 0 Å². The molecule has 1 heterocycles. The standard InChI is InChI=1S/C17H21FN2O/c1-6-17(4,5)16-13(18)8-7-9-14(16)21-15-10-19-11(2)12(3)20-15/h7-10H,6H2,1-5H3. The molecule has 2 aromatic rings. The van der Waals surface area contributed by atoms with E-state index in [0.717, 1.165) is 17.8 Å². The van der Waals surface area contributed by atoms with Gasteiger partial charge in [0.2, 0.25) is 5.88 Å². The molecule has 112 valence electrons. The topological polar surface area (TPSA) is 35.0 Å². The number of ether oxygens (including phenoxy) is 1. The minimum atomic E-state index is -0.312. The Hall–Kier alpha value is -1.97. The third-order valence-electron chi connectivity index (χ3n) is 3.92. The summed E-state index contributed by atoms with van der Waals surface area (Å²) in [6.45, 7) is 9.80. The first-order valence-corrected chi connectivity index (χ1v) is 7.12. The van der Waals surface area contributed by atoms with E-state index in [2.05, 4.69) is 9.97 Å². The van der Waals surface area contributed by atoms with Gasteiger partial charge in [-0.15, -0.1) is 0 Å². The summed E-state index contributed by atoms with van der Waals surface area (Å²) in [6, 6.07) is 4.88. The maximum absolute atomic E-state index is 14.3. The zero-order valence-corrected chi connectivity index (χ0v) is 13.2. The Morgan fingerprint density at radius 2 is 1.90 bits per heavy atom. The molecule has 0 aliphatic carbocycles. The van der Waals surface area contributed by atoms with Crippen molar-refractivity contribution in [2.45, 2.75) is 46.5 Å². The fourth-order valence-corrected chi connectivity index (χ4v) is 2.11. The lowest BCUT2D eigenvalue weighted by Gasteiger charge is -2.26. The third kappa shape index (κ3) is 3.20. The summed E-state index contributed by atoms with van der Waals surface area (Å²) in [5, 5.41) is 0. The highest BCUT2D eigenvalue weighted by atomic mass is 19.1. The Morgan fingerprint density at radius 1 is 1.19 bits per heavy atom. The van der Waals surface area contributed by atoms with Crippen LogP contribution in [0.2, 0.25) is 0 Å². The van der Waals surface area contributed by atoms with Gasteiger partial charge in [-0.25, -0.2) is 9.37 Å². The van der Waals surface area contributed by atoms with Crippen LogP contribution >= 0.6 is 0 Å². The van der Waals surface area contributed by atoms with Crippen LogP contribution in [0.1, 0.15) is 44.1 Å². The van der Waals surface area contributed by atoms with Gasteiger partial charge in [0, 0.05) is 5.56 Å². The van der Waals surface area contributed by atoms with E-state index in [1.807, 2.05) is 34.6 Å².